The van der Waals surface area contributed by atoms with E-state index in [2.05, 4.69) is 26.6 Å². The first-order valence-electron chi connectivity index (χ1n) is 33.0. The molecule has 1 unspecified atom stereocenters. The Morgan fingerprint density at radius 3 is 1.33 bits per heavy atom. The summed E-state index contributed by atoms with van der Waals surface area (Å²) < 4.78 is 76.3. The van der Waals surface area contributed by atoms with E-state index in [4.69, 9.17) is 61.6 Å². The fourth-order valence-electron chi connectivity index (χ4n) is 13.3. The molecule has 0 radical (unpaired) electrons. The van der Waals surface area contributed by atoms with Crippen molar-refractivity contribution in [1.82, 2.24) is 26.6 Å². The Morgan fingerprint density at radius 2 is 0.811 bits per heavy atom. The molecule has 0 aliphatic carbocycles. The molecule has 7 rings (SSSR count). The van der Waals surface area contributed by atoms with E-state index in [9.17, 15) is 151 Å². The Hall–Kier alpha value is -5.07. The highest BCUT2D eigenvalue weighted by molar-refractivity contribution is 5.79. The lowest BCUT2D eigenvalue weighted by Crippen LogP contribution is -2.74. The minimum atomic E-state index is -3.51. The van der Waals surface area contributed by atoms with Crippen molar-refractivity contribution < 1.29 is 213 Å². The number of carbonyl (C=O) groups is 7. The average Bonchev–Trinajstić information content (AvgIpc) is 0.742. The van der Waals surface area contributed by atoms with Gasteiger partial charge in [-0.1, -0.05) is 0 Å². The number of carbonyl (C=O) groups excluding carboxylic acids is 5. The third-order valence-corrected chi connectivity index (χ3v) is 18.6. The highest BCUT2D eigenvalue weighted by atomic mass is 16.8. The highest BCUT2D eigenvalue weighted by Crippen LogP contribution is 2.42. The fraction of sp³-hybridized carbons (Fsp3) is 0.879. The van der Waals surface area contributed by atoms with E-state index >= 15 is 0 Å². The third-order valence-electron chi connectivity index (χ3n) is 18.6. The van der Waals surface area contributed by atoms with Crippen molar-refractivity contribution in [3.63, 3.8) is 0 Å². The van der Waals surface area contributed by atoms with Crippen molar-refractivity contribution in [2.75, 3.05) is 52.9 Å². The van der Waals surface area contributed by atoms with Crippen molar-refractivity contribution in [3.8, 4) is 0 Å². The fourth-order valence-corrected chi connectivity index (χ4v) is 13.3. The van der Waals surface area contributed by atoms with Crippen LogP contribution in [0, 0.1) is 0 Å². The lowest BCUT2D eigenvalue weighted by Gasteiger charge is -2.53. The second kappa shape index (κ2) is 37.8. The van der Waals surface area contributed by atoms with Gasteiger partial charge in [-0.05, 0) is 0 Å². The molecule has 7 aliphatic rings. The predicted molar refractivity (Wildman–Crippen MR) is 326 cm³/mol. The first-order chi connectivity index (χ1) is 49.8. The molecule has 0 aromatic carbocycles. The van der Waals surface area contributed by atoms with Gasteiger partial charge in [0.15, 0.2) is 31.5 Å². The number of ether oxygens (including phenoxy) is 13. The van der Waals surface area contributed by atoms with Gasteiger partial charge in [0.25, 0.3) is 11.6 Å². The van der Waals surface area contributed by atoms with Gasteiger partial charge in [0.05, 0.1) is 70.5 Å². The van der Waals surface area contributed by atoms with Gasteiger partial charge >= 0.3 is 11.9 Å². The molecule has 48 nitrogen and oxygen atoms in total. The Labute approximate surface area is 598 Å². The molecule has 37 atom stereocenters. The van der Waals surface area contributed by atoms with Crippen LogP contribution in [0.2, 0.25) is 0 Å². The zero-order valence-electron chi connectivity index (χ0n) is 56.7. The number of carboxylic acids is 2. The van der Waals surface area contributed by atoms with Gasteiger partial charge in [0.2, 0.25) is 29.5 Å². The zero-order chi connectivity index (χ0) is 79.0. The molecule has 610 valence electrons. The Kier molecular flexibility index (Phi) is 31.4. The number of rotatable bonds is 31. The molecule has 0 saturated carbocycles. The quantitative estimate of drug-likeness (QED) is 0.0306. The largest absolute Gasteiger partial charge is 0.477 e. The smallest absolute Gasteiger partial charge is 0.364 e. The zero-order valence-corrected chi connectivity index (χ0v) is 56.7. The third kappa shape index (κ3) is 19.6. The van der Waals surface area contributed by atoms with Crippen LogP contribution >= 0.6 is 0 Å². The number of hydrogen-bond donors (Lipinski definition) is 28. The SMILES string of the molecule is CC(=O)N[C@H]1[C@H](O[C@@H]2[C@H](O[C@]3(C(=O)O)C[C@H](O)[C@@H](NC(=O)CO)[C@H]([C@H](O)[C@H](O)CO)O3)[C@@H](NC(C)=O)[C@H](O[C@H]3[C@@H](O)[C@@H](CO)O[C@@H](O[C@@H]4[C@H](O)[C@@H](O)[C@H](O[C@H]5[C@@H](O)[C@@H](CO[C@]6(C(=O)O)C[C@H](O)[C@@H](NC(C)=O)[C@H]([C@H](O)[C@H](O)CO)O6)OC(O)[C@@H]5NC(C)=O)O[C@@H]4CO)[C@@H]3O)O[C@@H]2CO)O[C@H](CO)[C@H](O)[C@@H]1O. The van der Waals surface area contributed by atoms with Crippen LogP contribution in [0.4, 0.5) is 0 Å². The number of nitrogens with one attached hydrogen (secondary N) is 5. The van der Waals surface area contributed by atoms with Crippen molar-refractivity contribution >= 4 is 41.5 Å². The van der Waals surface area contributed by atoms with E-state index in [-0.39, 0.29) is 0 Å². The maximum Gasteiger partial charge on any atom is 0.364 e. The van der Waals surface area contributed by atoms with Gasteiger partial charge < -0.3 is 206 Å². The standard InChI is InChI=1S/C58H95N5O43/c1-15(71)59-29-19(75)5-57(55(90)91,104-46(29)34(80)21(77)7-64)94-14-27-38(84)45(32(50(89)95-27)61-17(3)73)102-53-41(87)40(86)43(25(11-68)99-53)100-54-42(88)49(37(83)24(10-67)97-54)103-52-33(62-18(4)74)48(44(26(12-69)98-52)101-51-31(60-16(2)72)39(85)36(82)23(9-66)96-51)106-58(56(92)93)6-20(76)30(63-28(79)13-70)47(105-58)35(81)22(78)8-65/h19-27,29-54,64-70,75-78,80-89H,5-14H2,1-4H3,(H,59,71)(H,60,72)(H,61,73)(H,62,74)(H,63,79)(H,90,91)(H,92,93)/t19-,20-,21+,22+,23+,24+,25+,26+,27+,29+,30+,31+,32+,33+,34+,35+,36-,37-,38-,39+,40+,41+,42+,43-,44-,45+,46+,47+,48+,49-,50?,51-,52-,53-,54-,57+,58-/m0/s1. The number of carboxylic acid groups (broad SMARTS) is 2. The molecule has 106 heavy (non-hydrogen) atoms. The van der Waals surface area contributed by atoms with Gasteiger partial charge in [0, 0.05) is 40.5 Å². The molecule has 5 amide bonds. The molecule has 7 heterocycles. The van der Waals surface area contributed by atoms with Gasteiger partial charge in [-0.2, -0.15) is 0 Å². The van der Waals surface area contributed by atoms with Crippen LogP contribution in [0.15, 0.2) is 0 Å². The Morgan fingerprint density at radius 1 is 0.406 bits per heavy atom. The molecule has 48 heteroatoms. The second-order valence-corrected chi connectivity index (χ2v) is 26.2. The van der Waals surface area contributed by atoms with Crippen molar-refractivity contribution in [3.05, 3.63) is 0 Å². The van der Waals surface area contributed by atoms with E-state index in [0.29, 0.717) is 0 Å². The Balaban J connectivity index is 1.20. The first-order valence-corrected chi connectivity index (χ1v) is 33.0. The van der Waals surface area contributed by atoms with E-state index in [1.807, 2.05) is 0 Å². The molecule has 7 aliphatic heterocycles. The van der Waals surface area contributed by atoms with Crippen molar-refractivity contribution in [2.45, 2.75) is 266 Å². The number of aliphatic hydroxyl groups is 21. The summed E-state index contributed by atoms with van der Waals surface area (Å²) in [6.07, 6.45) is -69.1. The molecule has 7 saturated heterocycles. The van der Waals surface area contributed by atoms with Crippen LogP contribution in [-0.4, -0.2) is 438 Å². The normalized spacial score (nSPS) is 43.3. The summed E-state index contributed by atoms with van der Waals surface area (Å²) in [5.74, 6) is -16.0. The highest BCUT2D eigenvalue weighted by Gasteiger charge is 2.64. The van der Waals surface area contributed by atoms with E-state index in [1.165, 1.54) is 0 Å². The van der Waals surface area contributed by atoms with Crippen LogP contribution in [0.25, 0.3) is 0 Å². The summed E-state index contributed by atoms with van der Waals surface area (Å²) >= 11 is 0. The van der Waals surface area contributed by atoms with Crippen LogP contribution < -0.4 is 26.6 Å². The summed E-state index contributed by atoms with van der Waals surface area (Å²) in [5, 5.41) is 263. The molecular formula is C58H95N5O43. The van der Waals surface area contributed by atoms with Gasteiger partial charge in [-0.15, -0.1) is 0 Å². The lowest BCUT2D eigenvalue weighted by molar-refractivity contribution is -0.395. The van der Waals surface area contributed by atoms with Crippen LogP contribution in [0.3, 0.4) is 0 Å². The number of aliphatic hydroxyl groups excluding tert-OH is 21. The maximum atomic E-state index is 13.8. The second-order valence-electron chi connectivity index (χ2n) is 26.2. The van der Waals surface area contributed by atoms with Gasteiger partial charge in [-0.3, -0.25) is 24.0 Å². The van der Waals surface area contributed by atoms with Crippen molar-refractivity contribution in [1.29, 1.82) is 0 Å². The molecule has 7 fully saturated rings. The Bertz CT molecular complexity index is 2920. The van der Waals surface area contributed by atoms with Crippen LogP contribution in [0.1, 0.15) is 40.5 Å². The minimum absolute atomic E-state index is 0.824. The lowest BCUT2D eigenvalue weighted by atomic mass is 9.87. The van der Waals surface area contributed by atoms with Gasteiger partial charge in [0.1, 0.15) is 165 Å². The summed E-state index contributed by atoms with van der Waals surface area (Å²) in [7, 11) is 0. The van der Waals surface area contributed by atoms with E-state index in [1.54, 1.807) is 0 Å². The van der Waals surface area contributed by atoms with E-state index < -0.39 is 333 Å². The summed E-state index contributed by atoms with van der Waals surface area (Å²) in [5.41, 5.74) is 0. The number of hydrogen-bond acceptors (Lipinski definition) is 41. The topological polar surface area (TPSA) is 765 Å². The molecule has 0 aromatic heterocycles. The molecule has 28 N–H and O–H groups in total. The van der Waals surface area contributed by atoms with Gasteiger partial charge in [-0.25, -0.2) is 9.59 Å². The molecule has 0 aromatic rings. The number of aliphatic carboxylic acids is 2. The van der Waals surface area contributed by atoms with Crippen LogP contribution in [0.5, 0.6) is 0 Å². The number of amides is 5. The monoisotopic (exact) mass is 1550 g/mol. The van der Waals surface area contributed by atoms with Crippen LogP contribution in [-0.2, 0) is 95.1 Å². The van der Waals surface area contributed by atoms with Crippen molar-refractivity contribution in [2.24, 2.45) is 0 Å². The minimum Gasteiger partial charge on any atom is -0.477 e. The average molecular weight is 1550 g/mol. The predicted octanol–water partition coefficient (Wildman–Crippen LogP) is -18.2. The summed E-state index contributed by atoms with van der Waals surface area (Å²) in [4.78, 5) is 90.1. The molecule has 0 spiro atoms. The first kappa shape index (κ1) is 88.1. The molecular weight excluding hydrogens is 1450 g/mol. The van der Waals surface area contributed by atoms with E-state index in [0.717, 1.165) is 27.7 Å². The summed E-state index contributed by atoms with van der Waals surface area (Å²) in [6, 6.07) is -9.68. The summed E-state index contributed by atoms with van der Waals surface area (Å²) in [6.45, 7) is -6.17. The molecule has 0 bridgehead atoms. The maximum absolute atomic E-state index is 13.8.